The van der Waals surface area contributed by atoms with Crippen molar-refractivity contribution in [2.24, 2.45) is 0 Å². The number of carbonyl (C=O) groups is 1. The van der Waals surface area contributed by atoms with Gasteiger partial charge in [0, 0.05) is 37.3 Å². The molecule has 0 spiro atoms. The van der Waals surface area contributed by atoms with Crippen LogP contribution in [0.4, 0.5) is 5.69 Å². The molecule has 1 amide bonds. The maximum atomic E-state index is 13.8. The van der Waals surface area contributed by atoms with E-state index < -0.39 is 0 Å². The summed E-state index contributed by atoms with van der Waals surface area (Å²) in [6.45, 7) is 5.69. The number of rotatable bonds is 4. The minimum atomic E-state index is 0.162. The zero-order valence-electron chi connectivity index (χ0n) is 18.1. The Bertz CT molecular complexity index is 1100. The van der Waals surface area contributed by atoms with Gasteiger partial charge in [0.2, 0.25) is 0 Å². The van der Waals surface area contributed by atoms with E-state index >= 15 is 0 Å². The summed E-state index contributed by atoms with van der Waals surface area (Å²) < 4.78 is 5.82. The highest BCUT2D eigenvalue weighted by Gasteiger charge is 2.28. The summed E-state index contributed by atoms with van der Waals surface area (Å²) in [5, 5.41) is 0.997. The molecule has 5 nitrogen and oxygen atoms in total. The van der Waals surface area contributed by atoms with E-state index in [9.17, 15) is 4.79 Å². The number of aromatic nitrogens is 1. The van der Waals surface area contributed by atoms with Gasteiger partial charge in [0.15, 0.2) is 0 Å². The quantitative estimate of drug-likeness (QED) is 0.631. The summed E-state index contributed by atoms with van der Waals surface area (Å²) in [5.74, 6) is 1.08. The molecule has 1 aromatic heterocycles. The molecule has 1 aliphatic carbocycles. The standard InChI is InChI=1S/C26H29N3O2/c1-2-31-24-14-8-7-13-23(24)28-15-17-29(18-16-28)26(30)25-19-9-3-5-11-21(19)27-22-12-6-4-10-20(22)25/h3,5,7-9,11,13-14H,2,4,6,10,12,15-18H2,1H3. The monoisotopic (exact) mass is 415 g/mol. The molecule has 0 saturated carbocycles. The maximum Gasteiger partial charge on any atom is 0.255 e. The first-order valence-electron chi connectivity index (χ1n) is 11.4. The van der Waals surface area contributed by atoms with Crippen LogP contribution >= 0.6 is 0 Å². The summed E-state index contributed by atoms with van der Waals surface area (Å²) in [6.07, 6.45) is 4.22. The van der Waals surface area contributed by atoms with Crippen molar-refractivity contribution in [1.29, 1.82) is 0 Å². The molecule has 31 heavy (non-hydrogen) atoms. The van der Waals surface area contributed by atoms with Gasteiger partial charge in [0.05, 0.1) is 23.4 Å². The number of nitrogens with zero attached hydrogens (tertiary/aromatic N) is 3. The van der Waals surface area contributed by atoms with Crippen molar-refractivity contribution in [1.82, 2.24) is 9.88 Å². The van der Waals surface area contributed by atoms with Crippen LogP contribution in [0.1, 0.15) is 41.4 Å². The predicted molar refractivity (Wildman–Crippen MR) is 124 cm³/mol. The molecule has 1 saturated heterocycles. The van der Waals surface area contributed by atoms with Crippen molar-refractivity contribution in [3.8, 4) is 5.75 Å². The molecule has 3 aromatic rings. The third kappa shape index (κ3) is 3.73. The zero-order valence-corrected chi connectivity index (χ0v) is 18.1. The van der Waals surface area contributed by atoms with Crippen LogP contribution in [-0.4, -0.2) is 48.6 Å². The van der Waals surface area contributed by atoms with Gasteiger partial charge in [-0.1, -0.05) is 30.3 Å². The van der Waals surface area contributed by atoms with Gasteiger partial charge in [-0.15, -0.1) is 0 Å². The van der Waals surface area contributed by atoms with Crippen molar-refractivity contribution in [2.45, 2.75) is 32.6 Å². The van der Waals surface area contributed by atoms with Gasteiger partial charge in [0.25, 0.3) is 5.91 Å². The van der Waals surface area contributed by atoms with Crippen molar-refractivity contribution in [2.75, 3.05) is 37.7 Å². The number of benzene rings is 2. The zero-order chi connectivity index (χ0) is 21.2. The van der Waals surface area contributed by atoms with E-state index in [0.717, 1.165) is 72.4 Å². The first-order chi connectivity index (χ1) is 15.3. The topological polar surface area (TPSA) is 45.7 Å². The molecule has 2 aliphatic rings. The molecule has 0 radical (unpaired) electrons. The summed E-state index contributed by atoms with van der Waals surface area (Å²) in [7, 11) is 0. The molecule has 1 fully saturated rings. The number of anilines is 1. The number of pyridine rings is 1. The number of ether oxygens (including phenoxy) is 1. The molecule has 5 heteroatoms. The van der Waals surface area contributed by atoms with Crippen LogP contribution in [0.5, 0.6) is 5.75 Å². The highest BCUT2D eigenvalue weighted by molar-refractivity contribution is 6.07. The normalized spacial score (nSPS) is 16.3. The lowest BCUT2D eigenvalue weighted by atomic mass is 9.89. The van der Waals surface area contributed by atoms with Crippen molar-refractivity contribution in [3.05, 3.63) is 65.4 Å². The van der Waals surface area contributed by atoms with E-state index in [-0.39, 0.29) is 5.91 Å². The SMILES string of the molecule is CCOc1ccccc1N1CCN(C(=O)c2c3c(nc4ccccc24)CCCC3)CC1. The lowest BCUT2D eigenvalue weighted by molar-refractivity contribution is 0.0747. The van der Waals surface area contributed by atoms with E-state index in [1.807, 2.05) is 48.2 Å². The molecule has 0 atom stereocenters. The summed E-state index contributed by atoms with van der Waals surface area (Å²) in [5.41, 5.74) is 5.25. The molecule has 2 heterocycles. The molecule has 1 aliphatic heterocycles. The number of piperazine rings is 1. The van der Waals surface area contributed by atoms with Gasteiger partial charge >= 0.3 is 0 Å². The van der Waals surface area contributed by atoms with Gasteiger partial charge in [-0.25, -0.2) is 0 Å². The Labute approximate surface area is 183 Å². The van der Waals surface area contributed by atoms with Crippen LogP contribution in [0.3, 0.4) is 0 Å². The van der Waals surface area contributed by atoms with E-state index in [2.05, 4.69) is 17.0 Å². The second-order valence-electron chi connectivity index (χ2n) is 8.32. The van der Waals surface area contributed by atoms with Gasteiger partial charge in [-0.2, -0.15) is 0 Å². The van der Waals surface area contributed by atoms with Gasteiger partial charge < -0.3 is 14.5 Å². The number of amides is 1. The van der Waals surface area contributed by atoms with Crippen molar-refractivity contribution < 1.29 is 9.53 Å². The molecule has 160 valence electrons. The molecule has 5 rings (SSSR count). The van der Waals surface area contributed by atoms with Gasteiger partial charge in [-0.3, -0.25) is 9.78 Å². The third-order valence-corrected chi connectivity index (χ3v) is 6.46. The smallest absolute Gasteiger partial charge is 0.255 e. The van der Waals surface area contributed by atoms with Crippen LogP contribution in [0, 0.1) is 0 Å². The lowest BCUT2D eigenvalue weighted by Gasteiger charge is -2.37. The number of carbonyl (C=O) groups excluding carboxylic acids is 1. The number of fused-ring (bicyclic) bond motifs is 2. The Morgan fingerprint density at radius 3 is 2.55 bits per heavy atom. The first-order valence-corrected chi connectivity index (χ1v) is 11.4. The average Bonchev–Trinajstić information content (AvgIpc) is 2.83. The van der Waals surface area contributed by atoms with Crippen LogP contribution in [-0.2, 0) is 12.8 Å². The summed E-state index contributed by atoms with van der Waals surface area (Å²) in [6, 6.07) is 16.3. The van der Waals surface area contributed by atoms with Crippen molar-refractivity contribution >= 4 is 22.5 Å². The van der Waals surface area contributed by atoms with E-state index in [1.165, 1.54) is 5.56 Å². The largest absolute Gasteiger partial charge is 0.492 e. The third-order valence-electron chi connectivity index (χ3n) is 6.46. The van der Waals surface area contributed by atoms with Crippen LogP contribution in [0.25, 0.3) is 10.9 Å². The molecule has 2 aromatic carbocycles. The van der Waals surface area contributed by atoms with E-state index in [4.69, 9.17) is 9.72 Å². The molecule has 0 unspecified atom stereocenters. The number of hydrogen-bond acceptors (Lipinski definition) is 4. The van der Waals surface area contributed by atoms with E-state index in [1.54, 1.807) is 0 Å². The minimum Gasteiger partial charge on any atom is -0.492 e. The Hall–Kier alpha value is -3.08. The Morgan fingerprint density at radius 2 is 1.71 bits per heavy atom. The minimum absolute atomic E-state index is 0.162. The number of aryl methyl sites for hydroxylation is 1. The predicted octanol–water partition coefficient (Wildman–Crippen LogP) is 4.47. The van der Waals surface area contributed by atoms with Crippen LogP contribution in [0.15, 0.2) is 48.5 Å². The van der Waals surface area contributed by atoms with Gasteiger partial charge in [-0.05, 0) is 56.4 Å². The van der Waals surface area contributed by atoms with Crippen LogP contribution in [0.2, 0.25) is 0 Å². The fourth-order valence-electron chi connectivity index (χ4n) is 4.92. The average molecular weight is 416 g/mol. The highest BCUT2D eigenvalue weighted by Crippen LogP contribution is 2.32. The van der Waals surface area contributed by atoms with Crippen LogP contribution < -0.4 is 9.64 Å². The Morgan fingerprint density at radius 1 is 0.968 bits per heavy atom. The van der Waals surface area contributed by atoms with Gasteiger partial charge in [0.1, 0.15) is 5.75 Å². The summed E-state index contributed by atoms with van der Waals surface area (Å²) >= 11 is 0. The molecule has 0 N–H and O–H groups in total. The fraction of sp³-hybridized carbons (Fsp3) is 0.385. The second-order valence-corrected chi connectivity index (χ2v) is 8.32. The lowest BCUT2D eigenvalue weighted by Crippen LogP contribution is -2.49. The summed E-state index contributed by atoms with van der Waals surface area (Å²) in [4.78, 5) is 23.0. The number of para-hydroxylation sites is 3. The number of hydrogen-bond donors (Lipinski definition) is 0. The first kappa shape index (κ1) is 19.9. The maximum absolute atomic E-state index is 13.8. The highest BCUT2D eigenvalue weighted by atomic mass is 16.5. The van der Waals surface area contributed by atoms with Crippen molar-refractivity contribution in [3.63, 3.8) is 0 Å². The molecule has 0 bridgehead atoms. The molecular weight excluding hydrogens is 386 g/mol. The molecular formula is C26H29N3O2. The second kappa shape index (κ2) is 8.58. The van der Waals surface area contributed by atoms with E-state index in [0.29, 0.717) is 19.7 Å². The Balaban J connectivity index is 1.41. The fourth-order valence-corrected chi connectivity index (χ4v) is 4.92. The Kier molecular flexibility index (Phi) is 5.49.